The molecular weight excluding hydrogens is 420 g/mol. The molecule has 0 unspecified atom stereocenters. The first-order valence-electron chi connectivity index (χ1n) is 11.4. The van der Waals surface area contributed by atoms with E-state index in [9.17, 15) is 0 Å². The molecule has 0 saturated carbocycles. The molecule has 5 rings (SSSR count). The van der Waals surface area contributed by atoms with Crippen LogP contribution in [-0.2, 0) is 13.1 Å². The molecular formula is C28H28N6. The summed E-state index contributed by atoms with van der Waals surface area (Å²) in [5, 5.41) is 21.8. The largest absolute Gasteiger partial charge is 0.365 e. The monoisotopic (exact) mass is 448 g/mol. The van der Waals surface area contributed by atoms with E-state index in [2.05, 4.69) is 118 Å². The van der Waals surface area contributed by atoms with Crippen molar-refractivity contribution in [2.45, 2.75) is 26.9 Å². The highest BCUT2D eigenvalue weighted by Crippen LogP contribution is 2.22. The summed E-state index contributed by atoms with van der Waals surface area (Å²) in [5.74, 6) is 1.67. The maximum Gasteiger partial charge on any atom is 0.148 e. The van der Waals surface area contributed by atoms with E-state index < -0.39 is 0 Å². The van der Waals surface area contributed by atoms with Gasteiger partial charge < -0.3 is 10.6 Å². The normalized spacial score (nSPS) is 10.9. The quantitative estimate of drug-likeness (QED) is 0.224. The second-order valence-corrected chi connectivity index (χ2v) is 8.59. The number of rotatable bonds is 8. The number of aromatic nitrogens is 4. The first-order valence-corrected chi connectivity index (χ1v) is 11.4. The Bertz CT molecular complexity index is 1240. The summed E-state index contributed by atoms with van der Waals surface area (Å²) in [6.07, 6.45) is 0. The van der Waals surface area contributed by atoms with Crippen LogP contribution in [0.1, 0.15) is 22.3 Å². The highest BCUT2D eigenvalue weighted by molar-refractivity contribution is 5.64. The Morgan fingerprint density at radius 3 is 1.32 bits per heavy atom. The Kier molecular flexibility index (Phi) is 6.12. The minimum Gasteiger partial charge on any atom is -0.365 e. The van der Waals surface area contributed by atoms with E-state index in [0.29, 0.717) is 13.1 Å². The second-order valence-electron chi connectivity index (χ2n) is 8.59. The van der Waals surface area contributed by atoms with Crippen LogP contribution in [0.5, 0.6) is 0 Å². The summed E-state index contributed by atoms with van der Waals surface area (Å²) in [6.45, 7) is 5.60. The van der Waals surface area contributed by atoms with Gasteiger partial charge in [0.05, 0.1) is 11.4 Å². The molecule has 0 aliphatic rings. The predicted molar refractivity (Wildman–Crippen MR) is 139 cm³/mol. The first kappa shape index (κ1) is 21.5. The van der Waals surface area contributed by atoms with E-state index in [-0.39, 0.29) is 0 Å². The molecule has 34 heavy (non-hydrogen) atoms. The van der Waals surface area contributed by atoms with Crippen molar-refractivity contribution in [3.63, 3.8) is 0 Å². The third-order valence-electron chi connectivity index (χ3n) is 5.85. The molecule has 0 atom stereocenters. The van der Waals surface area contributed by atoms with Gasteiger partial charge in [-0.25, -0.2) is 0 Å². The van der Waals surface area contributed by atoms with Gasteiger partial charge in [0.25, 0.3) is 0 Å². The number of H-pyrrole nitrogens is 2. The van der Waals surface area contributed by atoms with Crippen LogP contribution in [0.4, 0.5) is 11.6 Å². The lowest BCUT2D eigenvalue weighted by Crippen LogP contribution is -2.02. The molecule has 170 valence electrons. The zero-order chi connectivity index (χ0) is 23.3. The molecule has 0 fully saturated rings. The SMILES string of the molecule is Cc1ccc(-c2cc(NCc3ccc(CNc4cc(-c5ccc(C)cc5)[nH]n4)cc3)n[nH]2)cc1. The zero-order valence-electron chi connectivity index (χ0n) is 19.4. The van der Waals surface area contributed by atoms with Crippen molar-refractivity contribution in [2.75, 3.05) is 10.6 Å². The molecule has 0 aliphatic carbocycles. The second kappa shape index (κ2) is 9.67. The maximum absolute atomic E-state index is 4.38. The summed E-state index contributed by atoms with van der Waals surface area (Å²) in [6, 6.07) is 29.5. The Balaban J connectivity index is 1.13. The van der Waals surface area contributed by atoms with E-state index >= 15 is 0 Å². The number of nitrogens with one attached hydrogen (secondary N) is 4. The van der Waals surface area contributed by atoms with Crippen LogP contribution >= 0.6 is 0 Å². The Morgan fingerprint density at radius 1 is 0.559 bits per heavy atom. The molecule has 0 spiro atoms. The fourth-order valence-corrected chi connectivity index (χ4v) is 3.75. The average molecular weight is 449 g/mol. The van der Waals surface area contributed by atoms with Crippen LogP contribution in [-0.4, -0.2) is 20.4 Å². The minimum absolute atomic E-state index is 0.713. The molecule has 2 heterocycles. The third kappa shape index (κ3) is 5.18. The Hall–Kier alpha value is -4.32. The molecule has 0 radical (unpaired) electrons. The van der Waals surface area contributed by atoms with E-state index in [1.807, 2.05) is 12.1 Å². The van der Waals surface area contributed by atoms with Crippen LogP contribution in [0, 0.1) is 13.8 Å². The molecule has 4 N–H and O–H groups in total. The highest BCUT2D eigenvalue weighted by atomic mass is 15.2. The van der Waals surface area contributed by atoms with Crippen LogP contribution in [0.3, 0.4) is 0 Å². The average Bonchev–Trinajstić information content (AvgIpc) is 3.53. The number of hydrogen-bond donors (Lipinski definition) is 4. The van der Waals surface area contributed by atoms with Crippen LogP contribution < -0.4 is 10.6 Å². The fourth-order valence-electron chi connectivity index (χ4n) is 3.75. The zero-order valence-corrected chi connectivity index (χ0v) is 19.4. The number of hydrogen-bond acceptors (Lipinski definition) is 4. The Labute approximate surface area is 199 Å². The predicted octanol–water partition coefficient (Wildman–Crippen LogP) is 6.31. The van der Waals surface area contributed by atoms with E-state index in [1.165, 1.54) is 22.3 Å². The van der Waals surface area contributed by atoms with Gasteiger partial charge in [-0.3, -0.25) is 10.2 Å². The number of benzene rings is 3. The van der Waals surface area contributed by atoms with Crippen molar-refractivity contribution in [2.24, 2.45) is 0 Å². The molecule has 0 bridgehead atoms. The van der Waals surface area contributed by atoms with Crippen molar-refractivity contribution in [3.05, 3.63) is 107 Å². The molecule has 6 nitrogen and oxygen atoms in total. The standard InChI is InChI=1S/C28H28N6/c1-19-3-11-23(12-4-19)25-15-27(33-31-25)29-17-21-7-9-22(10-8-21)18-30-28-16-26(32-34-28)24-13-5-20(2)6-14-24/h3-16H,17-18H2,1-2H3,(H2,29,31,33)(H2,30,32,34). The third-order valence-corrected chi connectivity index (χ3v) is 5.85. The summed E-state index contributed by atoms with van der Waals surface area (Å²) >= 11 is 0. The fraction of sp³-hybridized carbons (Fsp3) is 0.143. The minimum atomic E-state index is 0.713. The summed E-state index contributed by atoms with van der Waals surface area (Å²) < 4.78 is 0. The number of aryl methyl sites for hydroxylation is 2. The van der Waals surface area contributed by atoms with Gasteiger partial charge in [-0.15, -0.1) is 0 Å². The lowest BCUT2D eigenvalue weighted by atomic mass is 10.1. The summed E-state index contributed by atoms with van der Waals surface area (Å²) in [5.41, 5.74) is 9.17. The van der Waals surface area contributed by atoms with Crippen LogP contribution in [0.15, 0.2) is 84.9 Å². The smallest absolute Gasteiger partial charge is 0.148 e. The molecule has 0 amide bonds. The molecule has 5 aromatic rings. The van der Waals surface area contributed by atoms with Crippen molar-refractivity contribution in [1.29, 1.82) is 0 Å². The maximum atomic E-state index is 4.38. The van der Waals surface area contributed by atoms with Crippen molar-refractivity contribution >= 4 is 11.6 Å². The summed E-state index contributed by atoms with van der Waals surface area (Å²) in [7, 11) is 0. The molecule has 0 saturated heterocycles. The van der Waals surface area contributed by atoms with E-state index in [0.717, 1.165) is 34.2 Å². The topological polar surface area (TPSA) is 81.4 Å². The molecule has 0 aliphatic heterocycles. The van der Waals surface area contributed by atoms with Gasteiger partial charge in [-0.1, -0.05) is 83.9 Å². The van der Waals surface area contributed by atoms with Gasteiger partial charge in [-0.2, -0.15) is 10.2 Å². The van der Waals surface area contributed by atoms with E-state index in [4.69, 9.17) is 0 Å². The van der Waals surface area contributed by atoms with Crippen molar-refractivity contribution in [1.82, 2.24) is 20.4 Å². The van der Waals surface area contributed by atoms with Crippen LogP contribution in [0.25, 0.3) is 22.5 Å². The van der Waals surface area contributed by atoms with Crippen LogP contribution in [0.2, 0.25) is 0 Å². The van der Waals surface area contributed by atoms with Gasteiger partial charge in [0.2, 0.25) is 0 Å². The molecule has 6 heteroatoms. The number of aromatic amines is 2. The van der Waals surface area contributed by atoms with Gasteiger partial charge in [0.1, 0.15) is 11.6 Å². The molecule has 2 aromatic heterocycles. The van der Waals surface area contributed by atoms with Gasteiger partial charge >= 0.3 is 0 Å². The van der Waals surface area contributed by atoms with Gasteiger partial charge in [0, 0.05) is 25.2 Å². The van der Waals surface area contributed by atoms with Crippen molar-refractivity contribution in [3.8, 4) is 22.5 Å². The lowest BCUT2D eigenvalue weighted by Gasteiger charge is -2.06. The van der Waals surface area contributed by atoms with Gasteiger partial charge in [-0.05, 0) is 36.1 Å². The summed E-state index contributed by atoms with van der Waals surface area (Å²) in [4.78, 5) is 0. The van der Waals surface area contributed by atoms with E-state index in [1.54, 1.807) is 0 Å². The Morgan fingerprint density at radius 2 is 0.941 bits per heavy atom. The lowest BCUT2D eigenvalue weighted by molar-refractivity contribution is 1.04. The molecule has 3 aromatic carbocycles. The van der Waals surface area contributed by atoms with Gasteiger partial charge in [0.15, 0.2) is 0 Å². The van der Waals surface area contributed by atoms with Crippen molar-refractivity contribution < 1.29 is 0 Å². The number of nitrogens with zero attached hydrogens (tertiary/aromatic N) is 2. The first-order chi connectivity index (χ1) is 16.6. The highest BCUT2D eigenvalue weighted by Gasteiger charge is 2.05. The number of anilines is 2.